The van der Waals surface area contributed by atoms with Crippen LogP contribution in [0, 0.1) is 0 Å². The quantitative estimate of drug-likeness (QED) is 0.631. The third-order valence-electron chi connectivity index (χ3n) is 2.68. The van der Waals surface area contributed by atoms with Gasteiger partial charge in [0.1, 0.15) is 9.84 Å². The van der Waals surface area contributed by atoms with E-state index in [1.807, 2.05) is 37.1 Å². The van der Waals surface area contributed by atoms with Gasteiger partial charge in [-0.3, -0.25) is 4.99 Å². The van der Waals surface area contributed by atoms with Gasteiger partial charge < -0.3 is 10.2 Å². The van der Waals surface area contributed by atoms with Crippen molar-refractivity contribution in [3.05, 3.63) is 35.9 Å². The maximum Gasteiger partial charge on any atom is 0.193 e. The number of hydrogen-bond acceptors (Lipinski definition) is 3. The molecule has 0 radical (unpaired) electrons. The fourth-order valence-electron chi connectivity index (χ4n) is 1.72. The molecular weight excluding hydrogens is 274 g/mol. The van der Waals surface area contributed by atoms with Crippen LogP contribution in [0.5, 0.6) is 0 Å². The minimum Gasteiger partial charge on any atom is -0.357 e. The van der Waals surface area contributed by atoms with Crippen LogP contribution in [0.25, 0.3) is 0 Å². The average Bonchev–Trinajstić information content (AvgIpc) is 2.37. The molecule has 0 atom stereocenters. The van der Waals surface area contributed by atoms with Gasteiger partial charge in [-0.2, -0.15) is 0 Å². The van der Waals surface area contributed by atoms with Crippen LogP contribution in [0.4, 0.5) is 0 Å². The van der Waals surface area contributed by atoms with Crippen molar-refractivity contribution in [1.29, 1.82) is 0 Å². The van der Waals surface area contributed by atoms with Crippen molar-refractivity contribution in [2.24, 2.45) is 4.99 Å². The van der Waals surface area contributed by atoms with Gasteiger partial charge in [0.15, 0.2) is 5.96 Å². The summed E-state index contributed by atoms with van der Waals surface area (Å²) in [6, 6.07) is 10.1. The molecule has 112 valence electrons. The van der Waals surface area contributed by atoms with E-state index in [9.17, 15) is 8.42 Å². The average molecular weight is 297 g/mol. The van der Waals surface area contributed by atoms with E-state index in [-0.39, 0.29) is 12.3 Å². The van der Waals surface area contributed by atoms with Gasteiger partial charge in [0.25, 0.3) is 0 Å². The highest BCUT2D eigenvalue weighted by molar-refractivity contribution is 7.90. The number of sulfone groups is 1. The Morgan fingerprint density at radius 2 is 1.95 bits per heavy atom. The van der Waals surface area contributed by atoms with Crippen molar-refractivity contribution in [3.63, 3.8) is 0 Å². The number of nitrogens with one attached hydrogen (secondary N) is 1. The summed E-state index contributed by atoms with van der Waals surface area (Å²) >= 11 is 0. The first-order valence-electron chi connectivity index (χ1n) is 6.63. The molecule has 0 saturated carbocycles. The molecule has 5 nitrogen and oxygen atoms in total. The fraction of sp³-hybridized carbons (Fsp3) is 0.500. The third-order valence-corrected chi connectivity index (χ3v) is 3.61. The van der Waals surface area contributed by atoms with Crippen LogP contribution >= 0.6 is 0 Å². The number of rotatable bonds is 6. The van der Waals surface area contributed by atoms with Crippen molar-refractivity contribution in [1.82, 2.24) is 10.2 Å². The summed E-state index contributed by atoms with van der Waals surface area (Å²) in [5.41, 5.74) is 1.18. The molecule has 0 aliphatic heterocycles. The summed E-state index contributed by atoms with van der Waals surface area (Å²) in [5, 5.41) is 3.17. The first-order chi connectivity index (χ1) is 9.42. The zero-order valence-corrected chi connectivity index (χ0v) is 13.2. The van der Waals surface area contributed by atoms with Crippen LogP contribution in [0.2, 0.25) is 0 Å². The Morgan fingerprint density at radius 1 is 1.30 bits per heavy atom. The summed E-state index contributed by atoms with van der Waals surface area (Å²) in [5.74, 6) is 0.793. The van der Waals surface area contributed by atoms with Crippen LogP contribution in [-0.2, 0) is 16.4 Å². The summed E-state index contributed by atoms with van der Waals surface area (Å²) in [6.07, 6.45) is 1.23. The van der Waals surface area contributed by atoms with Gasteiger partial charge in [-0.15, -0.1) is 0 Å². The van der Waals surface area contributed by atoms with E-state index in [0.717, 1.165) is 19.0 Å². The lowest BCUT2D eigenvalue weighted by atomic mass is 10.2. The first kappa shape index (κ1) is 16.5. The number of nitrogens with zero attached hydrogens (tertiary/aromatic N) is 2. The summed E-state index contributed by atoms with van der Waals surface area (Å²) in [7, 11) is -1.03. The number of hydrogen-bond donors (Lipinski definition) is 1. The maximum absolute atomic E-state index is 11.1. The van der Waals surface area contributed by atoms with Crippen LogP contribution in [0.1, 0.15) is 12.5 Å². The van der Waals surface area contributed by atoms with Gasteiger partial charge in [-0.25, -0.2) is 8.42 Å². The Hall–Kier alpha value is -1.56. The molecule has 0 aliphatic carbocycles. The van der Waals surface area contributed by atoms with E-state index < -0.39 is 9.84 Å². The highest BCUT2D eigenvalue weighted by atomic mass is 32.2. The number of benzene rings is 1. The van der Waals surface area contributed by atoms with E-state index in [1.165, 1.54) is 11.8 Å². The summed E-state index contributed by atoms with van der Waals surface area (Å²) in [4.78, 5) is 6.33. The van der Waals surface area contributed by atoms with E-state index in [1.54, 1.807) is 0 Å². The molecule has 1 rings (SSSR count). The Labute approximate surface area is 121 Å². The first-order valence-corrected chi connectivity index (χ1v) is 8.69. The van der Waals surface area contributed by atoms with Gasteiger partial charge in [0, 0.05) is 26.4 Å². The van der Waals surface area contributed by atoms with Crippen LogP contribution < -0.4 is 5.32 Å². The zero-order chi connectivity index (χ0) is 15.0. The Balaban J connectivity index is 2.66. The molecule has 6 heteroatoms. The zero-order valence-electron chi connectivity index (χ0n) is 12.3. The molecule has 0 saturated heterocycles. The van der Waals surface area contributed by atoms with Crippen LogP contribution in [0.3, 0.4) is 0 Å². The van der Waals surface area contributed by atoms with Gasteiger partial charge in [-0.05, 0) is 12.5 Å². The minimum absolute atomic E-state index is 0.0705. The molecular formula is C14H23N3O2S. The molecule has 1 aromatic carbocycles. The molecule has 0 heterocycles. The van der Waals surface area contributed by atoms with E-state index >= 15 is 0 Å². The van der Waals surface area contributed by atoms with Crippen molar-refractivity contribution < 1.29 is 8.42 Å². The van der Waals surface area contributed by atoms with Crippen molar-refractivity contribution >= 4 is 15.8 Å². The second kappa shape index (κ2) is 7.89. The molecule has 0 aromatic heterocycles. The molecule has 1 N–H and O–H groups in total. The number of guanidine groups is 1. The van der Waals surface area contributed by atoms with E-state index in [0.29, 0.717) is 0 Å². The fourth-order valence-corrected chi connectivity index (χ4v) is 2.14. The van der Waals surface area contributed by atoms with Crippen LogP contribution in [-0.4, -0.2) is 51.4 Å². The standard InChI is InChI=1S/C14H23N3O2S/c1-4-15-14(16-10-11-20(3,18)19)17(2)12-13-8-6-5-7-9-13/h5-9H,4,10-12H2,1-3H3,(H,15,16). The predicted molar refractivity (Wildman–Crippen MR) is 83.6 cm³/mol. The molecule has 0 amide bonds. The van der Waals surface area contributed by atoms with Crippen LogP contribution in [0.15, 0.2) is 35.3 Å². The van der Waals surface area contributed by atoms with Gasteiger partial charge in [0.2, 0.25) is 0 Å². The predicted octanol–water partition coefficient (Wildman–Crippen LogP) is 1.13. The second-order valence-electron chi connectivity index (χ2n) is 4.71. The molecule has 0 bridgehead atoms. The molecule has 0 unspecified atom stereocenters. The highest BCUT2D eigenvalue weighted by Crippen LogP contribution is 2.02. The SMILES string of the molecule is CCNC(=NCCS(C)(=O)=O)N(C)Cc1ccccc1. The lowest BCUT2D eigenvalue weighted by Crippen LogP contribution is -2.38. The van der Waals surface area contributed by atoms with Gasteiger partial charge in [0.05, 0.1) is 12.3 Å². The van der Waals surface area contributed by atoms with Gasteiger partial charge >= 0.3 is 0 Å². The largest absolute Gasteiger partial charge is 0.357 e. The Bertz CT molecular complexity index is 527. The smallest absolute Gasteiger partial charge is 0.193 e. The molecule has 1 aromatic rings. The molecule has 20 heavy (non-hydrogen) atoms. The lowest BCUT2D eigenvalue weighted by molar-refractivity contribution is 0.477. The van der Waals surface area contributed by atoms with E-state index in [2.05, 4.69) is 22.4 Å². The molecule has 0 fully saturated rings. The molecule has 0 aliphatic rings. The van der Waals surface area contributed by atoms with E-state index in [4.69, 9.17) is 0 Å². The molecule has 0 spiro atoms. The lowest BCUT2D eigenvalue weighted by Gasteiger charge is -2.22. The highest BCUT2D eigenvalue weighted by Gasteiger charge is 2.07. The Morgan fingerprint density at radius 3 is 2.50 bits per heavy atom. The Kier molecular flexibility index (Phi) is 6.51. The summed E-state index contributed by atoms with van der Waals surface area (Å²) in [6.45, 7) is 3.74. The van der Waals surface area contributed by atoms with Crippen molar-refractivity contribution in [2.75, 3.05) is 32.1 Å². The van der Waals surface area contributed by atoms with Gasteiger partial charge in [-0.1, -0.05) is 30.3 Å². The number of aliphatic imine (C=N–C) groups is 1. The van der Waals surface area contributed by atoms with Crippen molar-refractivity contribution in [3.8, 4) is 0 Å². The normalized spacial score (nSPS) is 12.2. The summed E-state index contributed by atoms with van der Waals surface area (Å²) < 4.78 is 22.3. The minimum atomic E-state index is -2.97. The second-order valence-corrected chi connectivity index (χ2v) is 6.97. The van der Waals surface area contributed by atoms with Crippen molar-refractivity contribution in [2.45, 2.75) is 13.5 Å². The topological polar surface area (TPSA) is 61.8 Å². The third kappa shape index (κ3) is 6.56. The maximum atomic E-state index is 11.1. The monoisotopic (exact) mass is 297 g/mol.